The number of ether oxygens (including phenoxy) is 1. The summed E-state index contributed by atoms with van der Waals surface area (Å²) in [6.07, 6.45) is 1.47. The summed E-state index contributed by atoms with van der Waals surface area (Å²) in [5, 5.41) is 4.46. The molecule has 0 bridgehead atoms. The van der Waals surface area contributed by atoms with Crippen molar-refractivity contribution in [3.63, 3.8) is 0 Å². The maximum Gasteiger partial charge on any atom is 0.0655 e. The van der Waals surface area contributed by atoms with Crippen molar-refractivity contribution in [1.82, 2.24) is 5.32 Å². The highest BCUT2D eigenvalue weighted by Crippen LogP contribution is 2.42. The van der Waals surface area contributed by atoms with Crippen molar-refractivity contribution in [2.75, 3.05) is 6.61 Å². The van der Waals surface area contributed by atoms with Gasteiger partial charge in [0.25, 0.3) is 0 Å². The number of hydrogen-bond acceptors (Lipinski definition) is 2. The van der Waals surface area contributed by atoms with Gasteiger partial charge in [0.2, 0.25) is 0 Å². The van der Waals surface area contributed by atoms with Crippen LogP contribution in [0.5, 0.6) is 0 Å². The van der Waals surface area contributed by atoms with E-state index in [4.69, 9.17) is 16.3 Å². The zero-order chi connectivity index (χ0) is 14.0. The summed E-state index contributed by atoms with van der Waals surface area (Å²) in [6.45, 7) is 10.3. The number of benzene rings is 1. The van der Waals surface area contributed by atoms with Crippen LogP contribution in [0.25, 0.3) is 0 Å². The molecule has 0 heterocycles. The van der Waals surface area contributed by atoms with Crippen LogP contribution < -0.4 is 5.32 Å². The van der Waals surface area contributed by atoms with Gasteiger partial charge in [0, 0.05) is 29.6 Å². The van der Waals surface area contributed by atoms with Crippen LogP contribution in [-0.4, -0.2) is 18.8 Å². The maximum atomic E-state index is 6.26. The molecule has 1 aromatic carbocycles. The molecule has 19 heavy (non-hydrogen) atoms. The van der Waals surface area contributed by atoms with Gasteiger partial charge in [-0.3, -0.25) is 0 Å². The van der Waals surface area contributed by atoms with Crippen molar-refractivity contribution >= 4 is 11.6 Å². The number of halogens is 1. The Morgan fingerprint density at radius 1 is 1.42 bits per heavy atom. The molecule has 1 N–H and O–H groups in total. The molecule has 0 saturated heterocycles. The predicted molar refractivity (Wildman–Crippen MR) is 80.6 cm³/mol. The number of aryl methyl sites for hydroxylation is 1. The molecule has 106 valence electrons. The lowest BCUT2D eigenvalue weighted by Gasteiger charge is -2.52. The van der Waals surface area contributed by atoms with Crippen molar-refractivity contribution in [2.24, 2.45) is 5.41 Å². The topological polar surface area (TPSA) is 21.3 Å². The molecule has 0 amide bonds. The smallest absolute Gasteiger partial charge is 0.0655 e. The molecule has 0 spiro atoms. The van der Waals surface area contributed by atoms with Gasteiger partial charge >= 0.3 is 0 Å². The Morgan fingerprint density at radius 2 is 2.16 bits per heavy atom. The summed E-state index contributed by atoms with van der Waals surface area (Å²) in [4.78, 5) is 0. The first-order valence-electron chi connectivity index (χ1n) is 7.05. The van der Waals surface area contributed by atoms with Gasteiger partial charge in [-0.05, 0) is 37.5 Å². The van der Waals surface area contributed by atoms with Crippen molar-refractivity contribution < 1.29 is 4.74 Å². The normalized spacial score (nSPS) is 25.1. The predicted octanol–water partition coefficient (Wildman–Crippen LogP) is 3.94. The van der Waals surface area contributed by atoms with E-state index in [0.29, 0.717) is 12.1 Å². The van der Waals surface area contributed by atoms with Crippen LogP contribution in [0.2, 0.25) is 5.02 Å². The number of hydrogen-bond donors (Lipinski definition) is 1. The van der Waals surface area contributed by atoms with Gasteiger partial charge in [0.15, 0.2) is 0 Å². The van der Waals surface area contributed by atoms with E-state index in [-0.39, 0.29) is 5.41 Å². The summed E-state index contributed by atoms with van der Waals surface area (Å²) in [5.74, 6) is 0. The Kier molecular flexibility index (Phi) is 4.54. The molecule has 3 heteroatoms. The van der Waals surface area contributed by atoms with E-state index in [9.17, 15) is 0 Å². The van der Waals surface area contributed by atoms with E-state index >= 15 is 0 Å². The van der Waals surface area contributed by atoms with E-state index in [2.05, 4.69) is 45.1 Å². The van der Waals surface area contributed by atoms with Crippen LogP contribution in [0.1, 0.15) is 38.3 Å². The Hall–Kier alpha value is -0.570. The average molecular weight is 282 g/mol. The molecule has 2 unspecified atom stereocenters. The third-order valence-corrected chi connectivity index (χ3v) is 4.64. The maximum absolute atomic E-state index is 6.26. The fourth-order valence-corrected chi connectivity index (χ4v) is 3.05. The molecule has 0 radical (unpaired) electrons. The lowest BCUT2D eigenvalue weighted by molar-refractivity contribution is -0.114. The second-order valence-corrected chi connectivity index (χ2v) is 6.44. The van der Waals surface area contributed by atoms with E-state index in [1.54, 1.807) is 0 Å². The highest BCUT2D eigenvalue weighted by molar-refractivity contribution is 6.31. The molecule has 2 nitrogen and oxygen atoms in total. The summed E-state index contributed by atoms with van der Waals surface area (Å²) in [5.41, 5.74) is 2.57. The van der Waals surface area contributed by atoms with Gasteiger partial charge in [0.05, 0.1) is 6.10 Å². The first kappa shape index (κ1) is 14.8. The van der Waals surface area contributed by atoms with Gasteiger partial charge in [-0.15, -0.1) is 0 Å². The first-order valence-corrected chi connectivity index (χ1v) is 7.43. The molecule has 1 aliphatic carbocycles. The Labute approximate surface area is 121 Å². The monoisotopic (exact) mass is 281 g/mol. The number of nitrogens with one attached hydrogen (secondary N) is 1. The van der Waals surface area contributed by atoms with E-state index in [1.807, 2.05) is 6.07 Å². The van der Waals surface area contributed by atoms with Gasteiger partial charge in [-0.1, -0.05) is 37.6 Å². The lowest BCUT2D eigenvalue weighted by Crippen LogP contribution is -2.60. The third kappa shape index (κ3) is 3.13. The van der Waals surface area contributed by atoms with Crippen LogP contribution in [0.4, 0.5) is 0 Å². The highest BCUT2D eigenvalue weighted by Gasteiger charge is 2.48. The zero-order valence-electron chi connectivity index (χ0n) is 12.3. The van der Waals surface area contributed by atoms with E-state index in [1.165, 1.54) is 11.1 Å². The molecule has 2 atom stereocenters. The van der Waals surface area contributed by atoms with Crippen LogP contribution in [-0.2, 0) is 11.3 Å². The van der Waals surface area contributed by atoms with E-state index in [0.717, 1.165) is 24.6 Å². The zero-order valence-corrected chi connectivity index (χ0v) is 13.1. The second kappa shape index (κ2) is 5.82. The largest absolute Gasteiger partial charge is 0.378 e. The lowest BCUT2D eigenvalue weighted by atomic mass is 9.64. The molecule has 1 aromatic rings. The minimum atomic E-state index is 0.202. The van der Waals surface area contributed by atoms with Crippen LogP contribution in [0.15, 0.2) is 18.2 Å². The van der Waals surface area contributed by atoms with Crippen molar-refractivity contribution in [2.45, 2.75) is 52.8 Å². The minimum absolute atomic E-state index is 0.202. The fraction of sp³-hybridized carbons (Fsp3) is 0.625. The number of rotatable bonds is 5. The average Bonchev–Trinajstić information content (AvgIpc) is 2.35. The molecule has 0 aromatic heterocycles. The van der Waals surface area contributed by atoms with Gasteiger partial charge in [-0.25, -0.2) is 0 Å². The third-order valence-electron chi connectivity index (χ3n) is 4.29. The molecule has 2 rings (SSSR count). The fourth-order valence-electron chi connectivity index (χ4n) is 2.74. The SMILES string of the molecule is CCOC1CC(NCc2ccc(C)cc2Cl)C1(C)C. The Bertz CT molecular complexity index is 444. The molecular weight excluding hydrogens is 258 g/mol. The standard InChI is InChI=1S/C16H24ClNO/c1-5-19-15-9-14(16(15,3)4)18-10-12-7-6-11(2)8-13(12)17/h6-8,14-15,18H,5,9-10H2,1-4H3. The molecule has 0 aliphatic heterocycles. The Balaban J connectivity index is 1.90. The summed E-state index contributed by atoms with van der Waals surface area (Å²) in [7, 11) is 0. The summed E-state index contributed by atoms with van der Waals surface area (Å²) >= 11 is 6.26. The van der Waals surface area contributed by atoms with Crippen molar-refractivity contribution in [3.05, 3.63) is 34.3 Å². The quantitative estimate of drug-likeness (QED) is 0.883. The Morgan fingerprint density at radius 3 is 2.74 bits per heavy atom. The van der Waals surface area contributed by atoms with Gasteiger partial charge in [0.1, 0.15) is 0 Å². The van der Waals surface area contributed by atoms with Crippen LogP contribution in [0, 0.1) is 12.3 Å². The van der Waals surface area contributed by atoms with Gasteiger partial charge in [-0.2, -0.15) is 0 Å². The van der Waals surface area contributed by atoms with Gasteiger partial charge < -0.3 is 10.1 Å². The molecule has 1 aliphatic rings. The minimum Gasteiger partial charge on any atom is -0.378 e. The second-order valence-electron chi connectivity index (χ2n) is 6.03. The molecule has 1 fully saturated rings. The summed E-state index contributed by atoms with van der Waals surface area (Å²) < 4.78 is 5.75. The van der Waals surface area contributed by atoms with Crippen LogP contribution in [0.3, 0.4) is 0 Å². The summed E-state index contributed by atoms with van der Waals surface area (Å²) in [6, 6.07) is 6.74. The first-order chi connectivity index (χ1) is 8.95. The molecule has 1 saturated carbocycles. The van der Waals surface area contributed by atoms with Crippen molar-refractivity contribution in [1.29, 1.82) is 0 Å². The van der Waals surface area contributed by atoms with Crippen molar-refractivity contribution in [3.8, 4) is 0 Å². The van der Waals surface area contributed by atoms with E-state index < -0.39 is 0 Å². The highest BCUT2D eigenvalue weighted by atomic mass is 35.5. The van der Waals surface area contributed by atoms with Crippen LogP contribution >= 0.6 is 11.6 Å². The molecular formula is C16H24ClNO.